The second-order valence-corrected chi connectivity index (χ2v) is 14.3. The molecule has 0 radical (unpaired) electrons. The molecule has 1 aromatic heterocycles. The number of hydrogen-bond acceptors (Lipinski definition) is 1. The average molecular weight is 663 g/mol. The molecule has 0 amide bonds. The summed E-state index contributed by atoms with van der Waals surface area (Å²) in [5, 5.41) is 2.56. The molecule has 2 heteroatoms. The number of benzene rings is 8. The molecule has 244 valence electrons. The maximum Gasteiger partial charge on any atom is 0.0541 e. The highest BCUT2D eigenvalue weighted by atomic mass is 15.2. The highest BCUT2D eigenvalue weighted by Gasteiger charge is 2.48. The van der Waals surface area contributed by atoms with Gasteiger partial charge in [-0.1, -0.05) is 133 Å². The highest BCUT2D eigenvalue weighted by Crippen LogP contribution is 2.62. The van der Waals surface area contributed by atoms with Crippen molar-refractivity contribution in [3.63, 3.8) is 0 Å². The molecule has 1 aliphatic carbocycles. The molecule has 0 saturated carbocycles. The van der Waals surface area contributed by atoms with Crippen LogP contribution in [0.5, 0.6) is 0 Å². The zero-order chi connectivity index (χ0) is 34.4. The molecule has 0 bridgehead atoms. The lowest BCUT2D eigenvalue weighted by Crippen LogP contribution is -2.32. The minimum Gasteiger partial charge on any atom is -0.310 e. The fourth-order valence-corrected chi connectivity index (χ4v) is 9.20. The molecule has 2 aliphatic rings. The quantitative estimate of drug-likeness (QED) is 0.182. The molecule has 0 saturated heterocycles. The lowest BCUT2D eigenvalue weighted by molar-refractivity contribution is 0.702. The van der Waals surface area contributed by atoms with Crippen molar-refractivity contribution in [2.45, 2.75) is 12.3 Å². The van der Waals surface area contributed by atoms with Crippen LogP contribution in [-0.2, 0) is 5.41 Å². The van der Waals surface area contributed by atoms with Crippen LogP contribution in [0.4, 0.5) is 17.1 Å². The van der Waals surface area contributed by atoms with Gasteiger partial charge in [0.25, 0.3) is 0 Å². The van der Waals surface area contributed by atoms with E-state index in [0.29, 0.717) is 0 Å². The molecule has 1 aliphatic heterocycles. The number of anilines is 3. The van der Waals surface area contributed by atoms with Gasteiger partial charge in [0.15, 0.2) is 0 Å². The number of fused-ring (bicyclic) bond motifs is 8. The fourth-order valence-electron chi connectivity index (χ4n) is 9.20. The van der Waals surface area contributed by atoms with Crippen molar-refractivity contribution >= 4 is 38.9 Å². The molecular formula is C50H34N2. The standard InChI is InChI=1S/C50H34N2/c1-50-43-18-8-5-14-39(43)42-17-11-21-48(49(42)50)52(47-31-26-36(32-44(47)50)33-12-3-2-4-13-33)38-29-24-35(25-30-38)34-22-27-37(28-23-34)51-45-19-9-6-15-40(45)41-16-7-10-20-46(41)51/h2-32H,1H3. The molecule has 8 aromatic carbocycles. The zero-order valence-corrected chi connectivity index (χ0v) is 28.8. The monoisotopic (exact) mass is 662 g/mol. The van der Waals surface area contributed by atoms with Crippen LogP contribution < -0.4 is 4.90 Å². The number of nitrogens with zero attached hydrogens (tertiary/aromatic N) is 2. The highest BCUT2D eigenvalue weighted by molar-refractivity contribution is 6.09. The summed E-state index contributed by atoms with van der Waals surface area (Å²) in [4.78, 5) is 2.48. The fraction of sp³-hybridized carbons (Fsp3) is 0.0400. The maximum absolute atomic E-state index is 2.48. The Morgan fingerprint density at radius 1 is 0.385 bits per heavy atom. The van der Waals surface area contributed by atoms with Gasteiger partial charge < -0.3 is 9.47 Å². The van der Waals surface area contributed by atoms with Crippen LogP contribution in [0.3, 0.4) is 0 Å². The Morgan fingerprint density at radius 2 is 0.942 bits per heavy atom. The minimum absolute atomic E-state index is 0.267. The van der Waals surface area contributed by atoms with E-state index in [0.717, 1.165) is 5.69 Å². The van der Waals surface area contributed by atoms with Crippen molar-refractivity contribution in [2.24, 2.45) is 0 Å². The predicted molar refractivity (Wildman–Crippen MR) is 217 cm³/mol. The SMILES string of the molecule is CC12c3ccccc3-c3cccc(c31)N(c1ccc(-c3ccc(-n4c5ccccc5c5ccccc54)cc3)cc1)c1ccc(-c3ccccc3)cc12. The first kappa shape index (κ1) is 29.1. The van der Waals surface area contributed by atoms with Gasteiger partial charge in [-0.15, -0.1) is 0 Å². The topological polar surface area (TPSA) is 8.17 Å². The van der Waals surface area contributed by atoms with Crippen LogP contribution >= 0.6 is 0 Å². The average Bonchev–Trinajstić information content (AvgIpc) is 3.69. The number of para-hydroxylation sites is 2. The summed E-state index contributed by atoms with van der Waals surface area (Å²) >= 11 is 0. The van der Waals surface area contributed by atoms with E-state index < -0.39 is 0 Å². The van der Waals surface area contributed by atoms with E-state index in [4.69, 9.17) is 0 Å². The van der Waals surface area contributed by atoms with Crippen LogP contribution in [0.15, 0.2) is 188 Å². The second kappa shape index (κ2) is 10.9. The third-order valence-electron chi connectivity index (χ3n) is 11.6. The summed E-state index contributed by atoms with van der Waals surface area (Å²) in [7, 11) is 0. The van der Waals surface area contributed by atoms with Gasteiger partial charge in [0.2, 0.25) is 0 Å². The third-order valence-corrected chi connectivity index (χ3v) is 11.6. The van der Waals surface area contributed by atoms with E-state index in [1.165, 1.54) is 88.9 Å². The second-order valence-electron chi connectivity index (χ2n) is 14.3. The van der Waals surface area contributed by atoms with Crippen molar-refractivity contribution in [1.29, 1.82) is 0 Å². The summed E-state index contributed by atoms with van der Waals surface area (Å²) in [5.74, 6) is 0. The smallest absolute Gasteiger partial charge is 0.0541 e. The van der Waals surface area contributed by atoms with E-state index >= 15 is 0 Å². The minimum atomic E-state index is -0.267. The summed E-state index contributed by atoms with van der Waals surface area (Å²) in [6.45, 7) is 2.43. The molecule has 0 fully saturated rings. The van der Waals surface area contributed by atoms with Gasteiger partial charge in [-0.3, -0.25) is 0 Å². The maximum atomic E-state index is 2.48. The van der Waals surface area contributed by atoms with Crippen molar-refractivity contribution in [3.8, 4) is 39.1 Å². The van der Waals surface area contributed by atoms with Crippen molar-refractivity contribution in [3.05, 3.63) is 205 Å². The Labute approximate surface area is 303 Å². The van der Waals surface area contributed by atoms with Crippen LogP contribution in [0.2, 0.25) is 0 Å². The Morgan fingerprint density at radius 3 is 1.65 bits per heavy atom. The van der Waals surface area contributed by atoms with Crippen LogP contribution in [0, 0.1) is 0 Å². The lowest BCUT2D eigenvalue weighted by Gasteiger charge is -2.42. The molecule has 2 nitrogen and oxygen atoms in total. The molecule has 0 N–H and O–H groups in total. The van der Waals surface area contributed by atoms with Crippen LogP contribution in [-0.4, -0.2) is 4.57 Å². The number of rotatable bonds is 4. The zero-order valence-electron chi connectivity index (χ0n) is 28.8. The van der Waals surface area contributed by atoms with Gasteiger partial charge in [0.05, 0.1) is 22.4 Å². The summed E-state index contributed by atoms with van der Waals surface area (Å²) in [6, 6.07) is 69.1. The van der Waals surface area contributed by atoms with E-state index in [1.807, 2.05) is 0 Å². The predicted octanol–water partition coefficient (Wildman–Crippen LogP) is 13.2. The largest absolute Gasteiger partial charge is 0.310 e. The Kier molecular flexibility index (Phi) is 6.12. The van der Waals surface area contributed by atoms with Crippen molar-refractivity contribution in [1.82, 2.24) is 4.57 Å². The summed E-state index contributed by atoms with van der Waals surface area (Å²) in [5.41, 5.74) is 18.6. The molecule has 1 unspecified atom stereocenters. The Bertz CT molecular complexity index is 2790. The molecule has 2 heterocycles. The van der Waals surface area contributed by atoms with Crippen LogP contribution in [0.25, 0.3) is 60.9 Å². The summed E-state index contributed by atoms with van der Waals surface area (Å²) in [6.07, 6.45) is 0. The third kappa shape index (κ3) is 4.01. The Hall–Kier alpha value is -6.64. The number of aromatic nitrogens is 1. The Balaban J connectivity index is 1.02. The van der Waals surface area contributed by atoms with E-state index in [1.54, 1.807) is 0 Å². The van der Waals surface area contributed by atoms with Gasteiger partial charge in [-0.05, 0) is 112 Å². The van der Waals surface area contributed by atoms with Crippen LogP contribution in [0.1, 0.15) is 23.6 Å². The van der Waals surface area contributed by atoms with Gasteiger partial charge in [-0.2, -0.15) is 0 Å². The lowest BCUT2D eigenvalue weighted by atomic mass is 9.70. The molecular weight excluding hydrogens is 629 g/mol. The van der Waals surface area contributed by atoms with Gasteiger partial charge in [-0.25, -0.2) is 0 Å². The number of hydrogen-bond donors (Lipinski definition) is 0. The molecule has 0 spiro atoms. The van der Waals surface area contributed by atoms with E-state index in [-0.39, 0.29) is 5.41 Å². The van der Waals surface area contributed by atoms with E-state index in [2.05, 4.69) is 204 Å². The molecule has 11 rings (SSSR count). The van der Waals surface area contributed by atoms with Gasteiger partial charge >= 0.3 is 0 Å². The van der Waals surface area contributed by atoms with E-state index in [9.17, 15) is 0 Å². The first-order valence-corrected chi connectivity index (χ1v) is 18.1. The van der Waals surface area contributed by atoms with Crippen molar-refractivity contribution < 1.29 is 0 Å². The summed E-state index contributed by atoms with van der Waals surface area (Å²) < 4.78 is 2.37. The van der Waals surface area contributed by atoms with Gasteiger partial charge in [0, 0.05) is 27.6 Å². The van der Waals surface area contributed by atoms with Crippen molar-refractivity contribution in [2.75, 3.05) is 4.90 Å². The van der Waals surface area contributed by atoms with Gasteiger partial charge in [0.1, 0.15) is 0 Å². The first-order valence-electron chi connectivity index (χ1n) is 18.1. The molecule has 9 aromatic rings. The first-order chi connectivity index (χ1) is 25.7. The molecule has 52 heavy (non-hydrogen) atoms. The normalized spacial score (nSPS) is 15.4. The molecule has 1 atom stereocenters.